The lowest BCUT2D eigenvalue weighted by Gasteiger charge is -2.34. The largest absolute Gasteiger partial charge is 0.367 e. The van der Waals surface area contributed by atoms with Crippen LogP contribution >= 0.6 is 11.6 Å². The predicted octanol–water partition coefficient (Wildman–Crippen LogP) is 4.36. The van der Waals surface area contributed by atoms with Crippen LogP contribution in [0.5, 0.6) is 0 Å². The van der Waals surface area contributed by atoms with E-state index in [1.807, 2.05) is 18.3 Å². The molecule has 2 aliphatic rings. The SMILES string of the molecule is Clc1cc(-c2c[nH]c3ncccc23)cc(NC2CCC(NC3CC[N]CC3)CC2)n1. The molecule has 1 aliphatic carbocycles. The summed E-state index contributed by atoms with van der Waals surface area (Å²) in [5, 5.41) is 13.5. The summed E-state index contributed by atoms with van der Waals surface area (Å²) in [6.45, 7) is 2.04. The van der Waals surface area contributed by atoms with Crippen LogP contribution in [0.2, 0.25) is 5.15 Å². The zero-order chi connectivity index (χ0) is 20.3. The standard InChI is InChI=1S/C23H28ClN6/c24-21-12-15(20-14-27-23-19(20)2-1-9-26-23)13-22(30-21)29-17-5-3-16(4-6-17)28-18-7-10-25-11-8-18/h1-2,9,12-14,16-18,28H,3-8,10-11H2,(H,26,27)(H,29,30). The molecule has 0 spiro atoms. The third-order valence-electron chi connectivity index (χ3n) is 6.38. The molecule has 1 saturated carbocycles. The van der Waals surface area contributed by atoms with Gasteiger partial charge in [0.15, 0.2) is 0 Å². The van der Waals surface area contributed by atoms with Crippen molar-refractivity contribution >= 4 is 28.5 Å². The minimum absolute atomic E-state index is 0.438. The smallest absolute Gasteiger partial charge is 0.137 e. The van der Waals surface area contributed by atoms with E-state index in [9.17, 15) is 0 Å². The second kappa shape index (κ2) is 8.92. The molecule has 0 bridgehead atoms. The number of rotatable bonds is 5. The van der Waals surface area contributed by atoms with Gasteiger partial charge in [0.2, 0.25) is 0 Å². The van der Waals surface area contributed by atoms with Crippen molar-refractivity contribution in [2.24, 2.45) is 0 Å². The molecule has 3 N–H and O–H groups in total. The highest BCUT2D eigenvalue weighted by Gasteiger charge is 2.24. The Balaban J connectivity index is 1.24. The molecule has 2 fully saturated rings. The van der Waals surface area contributed by atoms with Gasteiger partial charge in [-0.3, -0.25) is 0 Å². The van der Waals surface area contributed by atoms with Crippen molar-refractivity contribution in [2.75, 3.05) is 18.4 Å². The number of nitrogens with one attached hydrogen (secondary N) is 3. The van der Waals surface area contributed by atoms with Crippen molar-refractivity contribution in [3.8, 4) is 11.1 Å². The van der Waals surface area contributed by atoms with Crippen LogP contribution in [0.15, 0.2) is 36.7 Å². The number of aromatic nitrogens is 3. The van der Waals surface area contributed by atoms with Crippen LogP contribution in [0, 0.1) is 0 Å². The number of pyridine rings is 2. The predicted molar refractivity (Wildman–Crippen MR) is 122 cm³/mol. The topological polar surface area (TPSA) is 79.7 Å². The molecular weight excluding hydrogens is 396 g/mol. The molecule has 0 atom stereocenters. The minimum atomic E-state index is 0.438. The molecule has 3 aromatic heterocycles. The van der Waals surface area contributed by atoms with Gasteiger partial charge >= 0.3 is 0 Å². The van der Waals surface area contributed by atoms with Gasteiger partial charge in [-0.2, -0.15) is 0 Å². The summed E-state index contributed by atoms with van der Waals surface area (Å²) in [6, 6.07) is 9.76. The van der Waals surface area contributed by atoms with E-state index in [4.69, 9.17) is 11.6 Å². The van der Waals surface area contributed by atoms with E-state index >= 15 is 0 Å². The number of piperidine rings is 1. The number of halogens is 1. The van der Waals surface area contributed by atoms with Crippen LogP contribution in [0.25, 0.3) is 22.2 Å². The maximum atomic E-state index is 6.37. The van der Waals surface area contributed by atoms with Gasteiger partial charge in [-0.05, 0) is 68.4 Å². The van der Waals surface area contributed by atoms with Gasteiger partial charge in [0.25, 0.3) is 0 Å². The molecule has 0 aromatic carbocycles. The summed E-state index contributed by atoms with van der Waals surface area (Å²) in [4.78, 5) is 12.2. The summed E-state index contributed by atoms with van der Waals surface area (Å²) >= 11 is 6.37. The average molecular weight is 424 g/mol. The fourth-order valence-electron chi connectivity index (χ4n) is 4.79. The zero-order valence-corrected chi connectivity index (χ0v) is 17.8. The normalized spacial score (nSPS) is 23.0. The first kappa shape index (κ1) is 19.8. The van der Waals surface area contributed by atoms with E-state index < -0.39 is 0 Å². The molecule has 0 amide bonds. The Bertz CT molecular complexity index is 988. The third-order valence-corrected chi connectivity index (χ3v) is 6.57. The van der Waals surface area contributed by atoms with Crippen molar-refractivity contribution in [1.29, 1.82) is 0 Å². The van der Waals surface area contributed by atoms with E-state index in [1.165, 1.54) is 25.7 Å². The number of aromatic amines is 1. The van der Waals surface area contributed by atoms with Gasteiger partial charge in [0, 0.05) is 54.6 Å². The highest BCUT2D eigenvalue weighted by atomic mass is 35.5. The molecule has 7 heteroatoms. The van der Waals surface area contributed by atoms with Crippen LogP contribution in [-0.4, -0.2) is 46.2 Å². The fraction of sp³-hybridized carbons (Fsp3) is 0.478. The Labute approximate surface area is 182 Å². The molecule has 1 saturated heterocycles. The zero-order valence-electron chi connectivity index (χ0n) is 17.1. The van der Waals surface area contributed by atoms with Gasteiger partial charge in [0.1, 0.15) is 16.6 Å². The molecule has 0 unspecified atom stereocenters. The van der Waals surface area contributed by atoms with Crippen molar-refractivity contribution in [3.63, 3.8) is 0 Å². The lowest BCUT2D eigenvalue weighted by molar-refractivity contribution is 0.288. The molecule has 1 aliphatic heterocycles. The fourth-order valence-corrected chi connectivity index (χ4v) is 4.99. The van der Waals surface area contributed by atoms with Crippen LogP contribution in [0.4, 0.5) is 5.82 Å². The number of hydrogen-bond donors (Lipinski definition) is 3. The second-order valence-electron chi connectivity index (χ2n) is 8.47. The van der Waals surface area contributed by atoms with Gasteiger partial charge < -0.3 is 15.6 Å². The van der Waals surface area contributed by atoms with E-state index in [-0.39, 0.29) is 0 Å². The first-order valence-electron chi connectivity index (χ1n) is 11.0. The molecule has 5 rings (SSSR count). The van der Waals surface area contributed by atoms with E-state index in [0.29, 0.717) is 23.3 Å². The highest BCUT2D eigenvalue weighted by molar-refractivity contribution is 6.29. The van der Waals surface area contributed by atoms with Crippen molar-refractivity contribution in [1.82, 2.24) is 25.6 Å². The van der Waals surface area contributed by atoms with Crippen LogP contribution < -0.4 is 16.0 Å². The maximum absolute atomic E-state index is 6.37. The van der Waals surface area contributed by atoms with Gasteiger partial charge in [0.05, 0.1) is 0 Å². The Morgan fingerprint density at radius 3 is 2.57 bits per heavy atom. The lowest BCUT2D eigenvalue weighted by Crippen LogP contribution is -2.45. The number of anilines is 1. The van der Waals surface area contributed by atoms with Crippen molar-refractivity contribution in [2.45, 2.75) is 56.7 Å². The molecule has 6 nitrogen and oxygen atoms in total. The lowest BCUT2D eigenvalue weighted by atomic mass is 9.90. The quantitative estimate of drug-likeness (QED) is 0.533. The first-order chi connectivity index (χ1) is 14.7. The Morgan fingerprint density at radius 1 is 0.967 bits per heavy atom. The summed E-state index contributed by atoms with van der Waals surface area (Å²) in [6.07, 6.45) is 10.9. The van der Waals surface area contributed by atoms with Gasteiger partial charge in [-0.25, -0.2) is 15.3 Å². The Kier molecular flexibility index (Phi) is 5.88. The summed E-state index contributed by atoms with van der Waals surface area (Å²) in [5.74, 6) is 0.848. The molecule has 1 radical (unpaired) electrons. The van der Waals surface area contributed by atoms with Gasteiger partial charge in [-0.1, -0.05) is 11.6 Å². The van der Waals surface area contributed by atoms with Crippen molar-refractivity contribution in [3.05, 3.63) is 41.8 Å². The molecule has 4 heterocycles. The highest BCUT2D eigenvalue weighted by Crippen LogP contribution is 2.31. The monoisotopic (exact) mass is 423 g/mol. The van der Waals surface area contributed by atoms with E-state index in [1.54, 1.807) is 6.20 Å². The van der Waals surface area contributed by atoms with E-state index in [0.717, 1.165) is 53.9 Å². The number of fused-ring (bicyclic) bond motifs is 1. The Hall–Kier alpha value is -2.15. The molecule has 3 aromatic rings. The summed E-state index contributed by atoms with van der Waals surface area (Å²) in [7, 11) is 0. The Morgan fingerprint density at radius 2 is 1.73 bits per heavy atom. The van der Waals surface area contributed by atoms with Crippen LogP contribution in [-0.2, 0) is 0 Å². The number of nitrogens with zero attached hydrogens (tertiary/aromatic N) is 3. The van der Waals surface area contributed by atoms with Gasteiger partial charge in [-0.15, -0.1) is 0 Å². The second-order valence-corrected chi connectivity index (χ2v) is 8.86. The first-order valence-corrected chi connectivity index (χ1v) is 11.4. The maximum Gasteiger partial charge on any atom is 0.137 e. The minimum Gasteiger partial charge on any atom is -0.367 e. The summed E-state index contributed by atoms with van der Waals surface area (Å²) < 4.78 is 0. The average Bonchev–Trinajstić information content (AvgIpc) is 3.20. The van der Waals surface area contributed by atoms with Crippen LogP contribution in [0.3, 0.4) is 0 Å². The number of hydrogen-bond acceptors (Lipinski definition) is 4. The number of H-pyrrole nitrogens is 1. The molecular formula is C23H28ClN6. The molecule has 30 heavy (non-hydrogen) atoms. The van der Waals surface area contributed by atoms with Crippen molar-refractivity contribution < 1.29 is 0 Å². The van der Waals surface area contributed by atoms with E-state index in [2.05, 4.69) is 43.0 Å². The molecule has 157 valence electrons. The van der Waals surface area contributed by atoms with Crippen LogP contribution in [0.1, 0.15) is 38.5 Å². The third kappa shape index (κ3) is 4.46. The summed E-state index contributed by atoms with van der Waals surface area (Å²) in [5.41, 5.74) is 3.03.